The number of fused-ring (bicyclic) bond motifs is 1. The van der Waals surface area contributed by atoms with Crippen LogP contribution >= 0.6 is 0 Å². The van der Waals surface area contributed by atoms with E-state index in [4.69, 9.17) is 13.9 Å². The van der Waals surface area contributed by atoms with E-state index in [1.165, 1.54) is 12.3 Å². The van der Waals surface area contributed by atoms with E-state index in [2.05, 4.69) is 4.90 Å². The van der Waals surface area contributed by atoms with Crippen LogP contribution in [0.2, 0.25) is 0 Å². The molecule has 1 N–H and O–H groups in total. The van der Waals surface area contributed by atoms with Gasteiger partial charge in [-0.3, -0.25) is 14.5 Å². The van der Waals surface area contributed by atoms with E-state index in [0.717, 1.165) is 24.9 Å². The number of carbonyl (C=O) groups is 1. The molecular weight excluding hydrogens is 410 g/mol. The van der Waals surface area contributed by atoms with E-state index in [0.29, 0.717) is 47.5 Å². The number of ether oxygens (including phenoxy) is 2. The molecule has 0 amide bonds. The Kier molecular flexibility index (Phi) is 6.46. The monoisotopic (exact) mass is 437 g/mol. The summed E-state index contributed by atoms with van der Waals surface area (Å²) in [4.78, 5) is 27.5. The summed E-state index contributed by atoms with van der Waals surface area (Å²) in [6.45, 7) is 3.88. The van der Waals surface area contributed by atoms with Crippen LogP contribution in [0, 0.1) is 5.92 Å². The molecule has 2 aromatic carbocycles. The zero-order valence-electron chi connectivity index (χ0n) is 18.3. The Bertz CT molecular complexity index is 1170. The molecule has 1 saturated heterocycles. The molecule has 1 aliphatic heterocycles. The van der Waals surface area contributed by atoms with E-state index in [1.54, 1.807) is 32.2 Å². The molecule has 32 heavy (non-hydrogen) atoms. The van der Waals surface area contributed by atoms with Crippen LogP contribution in [0.4, 0.5) is 0 Å². The van der Waals surface area contributed by atoms with Crippen LogP contribution in [0.15, 0.2) is 51.9 Å². The molecule has 7 heteroatoms. The fraction of sp³-hybridized carbons (Fsp3) is 0.360. The Balaban J connectivity index is 1.65. The third kappa shape index (κ3) is 4.34. The van der Waals surface area contributed by atoms with E-state index in [1.807, 2.05) is 12.1 Å². The fourth-order valence-corrected chi connectivity index (χ4v) is 4.25. The van der Waals surface area contributed by atoms with Gasteiger partial charge >= 0.3 is 5.97 Å². The largest absolute Gasteiger partial charge is 0.507 e. The van der Waals surface area contributed by atoms with Gasteiger partial charge in [0.05, 0.1) is 36.1 Å². The minimum atomic E-state index is -0.186. The zero-order chi connectivity index (χ0) is 22.7. The van der Waals surface area contributed by atoms with Crippen LogP contribution in [0.25, 0.3) is 22.1 Å². The molecule has 1 aliphatic rings. The molecule has 0 aliphatic carbocycles. The highest BCUT2D eigenvalue weighted by Crippen LogP contribution is 2.31. The van der Waals surface area contributed by atoms with Gasteiger partial charge in [-0.15, -0.1) is 0 Å². The lowest BCUT2D eigenvalue weighted by atomic mass is 9.97. The molecule has 4 rings (SSSR count). The first-order chi connectivity index (χ1) is 15.5. The smallest absolute Gasteiger partial charge is 0.310 e. The average molecular weight is 437 g/mol. The van der Waals surface area contributed by atoms with Crippen molar-refractivity contribution < 1.29 is 23.8 Å². The molecule has 0 spiro atoms. The number of methoxy groups -OCH3 is 1. The van der Waals surface area contributed by atoms with Crippen molar-refractivity contribution in [2.75, 3.05) is 26.8 Å². The summed E-state index contributed by atoms with van der Waals surface area (Å²) in [5.41, 5.74) is 1.91. The van der Waals surface area contributed by atoms with Crippen LogP contribution in [0.1, 0.15) is 25.3 Å². The maximum Gasteiger partial charge on any atom is 0.310 e. The topological polar surface area (TPSA) is 89.2 Å². The number of nitrogens with zero attached hydrogens (tertiary/aromatic N) is 1. The van der Waals surface area contributed by atoms with Crippen LogP contribution in [0.5, 0.6) is 11.5 Å². The normalized spacial score (nSPS) is 16.8. The Morgan fingerprint density at radius 3 is 2.72 bits per heavy atom. The number of phenols is 1. The lowest BCUT2D eigenvalue weighted by molar-refractivity contribution is -0.150. The number of hydrogen-bond donors (Lipinski definition) is 1. The van der Waals surface area contributed by atoms with E-state index in [-0.39, 0.29) is 23.1 Å². The quantitative estimate of drug-likeness (QED) is 0.584. The number of rotatable bonds is 6. The lowest BCUT2D eigenvalue weighted by Crippen LogP contribution is -2.39. The molecular formula is C25H27NO6. The van der Waals surface area contributed by atoms with Crippen LogP contribution in [-0.4, -0.2) is 42.8 Å². The number of likely N-dealkylation sites (tertiary alicyclic amines) is 1. The Hall–Kier alpha value is -3.32. The molecule has 1 fully saturated rings. The van der Waals surface area contributed by atoms with Gasteiger partial charge in [-0.2, -0.15) is 0 Å². The summed E-state index contributed by atoms with van der Waals surface area (Å²) in [7, 11) is 1.59. The Labute approximate surface area is 186 Å². The minimum Gasteiger partial charge on any atom is -0.507 e. The minimum absolute atomic E-state index is 0.0658. The van der Waals surface area contributed by atoms with E-state index >= 15 is 0 Å². The summed E-state index contributed by atoms with van der Waals surface area (Å²) in [6.07, 6.45) is 3.09. The van der Waals surface area contributed by atoms with Gasteiger partial charge in [0.25, 0.3) is 0 Å². The van der Waals surface area contributed by atoms with Crippen LogP contribution in [-0.2, 0) is 16.1 Å². The van der Waals surface area contributed by atoms with Gasteiger partial charge in [0.1, 0.15) is 23.3 Å². The highest BCUT2D eigenvalue weighted by molar-refractivity contribution is 5.85. The van der Waals surface area contributed by atoms with E-state index in [9.17, 15) is 14.7 Å². The highest BCUT2D eigenvalue weighted by Gasteiger charge is 2.28. The number of hydrogen-bond acceptors (Lipinski definition) is 7. The van der Waals surface area contributed by atoms with Gasteiger partial charge in [-0.25, -0.2) is 0 Å². The first-order valence-electron chi connectivity index (χ1n) is 10.8. The maximum atomic E-state index is 13.2. The average Bonchev–Trinajstić information content (AvgIpc) is 2.81. The highest BCUT2D eigenvalue weighted by atomic mass is 16.5. The molecule has 0 bridgehead atoms. The fourth-order valence-electron chi connectivity index (χ4n) is 4.25. The van der Waals surface area contributed by atoms with Crippen molar-refractivity contribution in [3.63, 3.8) is 0 Å². The first kappa shape index (κ1) is 21.9. The molecule has 2 heterocycles. The SMILES string of the molecule is CCOC(=O)C1CCCN(Cc2c(O)ccc3c(=O)c(-c4ccc(OC)cc4)coc23)C1. The van der Waals surface area contributed by atoms with Crippen LogP contribution in [0.3, 0.4) is 0 Å². The summed E-state index contributed by atoms with van der Waals surface area (Å²) in [6, 6.07) is 10.3. The molecule has 1 unspecified atom stereocenters. The Morgan fingerprint density at radius 1 is 1.22 bits per heavy atom. The molecule has 168 valence electrons. The maximum absolute atomic E-state index is 13.2. The summed E-state index contributed by atoms with van der Waals surface area (Å²) < 4.78 is 16.2. The predicted molar refractivity (Wildman–Crippen MR) is 121 cm³/mol. The van der Waals surface area contributed by atoms with Crippen molar-refractivity contribution in [3.8, 4) is 22.6 Å². The second-order valence-corrected chi connectivity index (χ2v) is 7.97. The number of esters is 1. The van der Waals surface area contributed by atoms with Gasteiger partial charge in [-0.1, -0.05) is 12.1 Å². The predicted octanol–water partition coefficient (Wildman–Crippen LogP) is 3.95. The van der Waals surface area contributed by atoms with Gasteiger partial charge in [0.15, 0.2) is 0 Å². The number of benzene rings is 2. The molecule has 7 nitrogen and oxygen atoms in total. The molecule has 0 saturated carbocycles. The Morgan fingerprint density at radius 2 is 2.00 bits per heavy atom. The number of carbonyl (C=O) groups excluding carboxylic acids is 1. The summed E-state index contributed by atoms with van der Waals surface area (Å²) >= 11 is 0. The van der Waals surface area contributed by atoms with Gasteiger partial charge in [0, 0.05) is 13.1 Å². The lowest BCUT2D eigenvalue weighted by Gasteiger charge is -2.31. The van der Waals surface area contributed by atoms with Crippen molar-refractivity contribution in [1.29, 1.82) is 0 Å². The van der Waals surface area contributed by atoms with Crippen LogP contribution < -0.4 is 10.2 Å². The van der Waals surface area contributed by atoms with Gasteiger partial charge in [0.2, 0.25) is 5.43 Å². The van der Waals surface area contributed by atoms with Crippen molar-refractivity contribution >= 4 is 16.9 Å². The van der Waals surface area contributed by atoms with Crippen molar-refractivity contribution in [3.05, 3.63) is 58.4 Å². The number of aromatic hydroxyl groups is 1. The zero-order valence-corrected chi connectivity index (χ0v) is 18.3. The molecule has 1 atom stereocenters. The van der Waals surface area contributed by atoms with Crippen molar-refractivity contribution in [1.82, 2.24) is 4.90 Å². The second kappa shape index (κ2) is 9.44. The van der Waals surface area contributed by atoms with Crippen molar-refractivity contribution in [2.24, 2.45) is 5.92 Å². The van der Waals surface area contributed by atoms with Gasteiger partial charge in [-0.05, 0) is 56.1 Å². The summed E-state index contributed by atoms with van der Waals surface area (Å²) in [5, 5.41) is 10.9. The third-order valence-corrected chi connectivity index (χ3v) is 5.93. The summed E-state index contributed by atoms with van der Waals surface area (Å²) in [5.74, 6) is 0.398. The second-order valence-electron chi connectivity index (χ2n) is 7.97. The van der Waals surface area contributed by atoms with Crippen molar-refractivity contribution in [2.45, 2.75) is 26.3 Å². The molecule has 3 aromatic rings. The molecule has 1 aromatic heterocycles. The molecule has 0 radical (unpaired) electrons. The van der Waals surface area contributed by atoms with Gasteiger partial charge < -0.3 is 19.0 Å². The number of phenolic OH excluding ortho intramolecular Hbond substituents is 1. The number of piperidine rings is 1. The third-order valence-electron chi connectivity index (χ3n) is 5.93. The first-order valence-corrected chi connectivity index (χ1v) is 10.8. The van der Waals surface area contributed by atoms with E-state index < -0.39 is 0 Å². The standard InChI is InChI=1S/C25H27NO6/c1-3-31-25(29)17-5-4-12-26(13-17)14-20-22(27)11-10-19-23(28)21(15-32-24(19)20)16-6-8-18(30-2)9-7-16/h6-11,15,17,27H,3-5,12-14H2,1-2H3.